The Labute approximate surface area is 105 Å². The molecule has 1 aliphatic carbocycles. The number of alkyl halides is 1. The molecule has 1 saturated carbocycles. The highest BCUT2D eigenvalue weighted by molar-refractivity contribution is 9.08. The van der Waals surface area contributed by atoms with Crippen LogP contribution in [0.3, 0.4) is 0 Å². The predicted molar refractivity (Wildman–Crippen MR) is 69.7 cm³/mol. The van der Waals surface area contributed by atoms with Crippen LogP contribution in [-0.2, 0) is 5.33 Å². The fourth-order valence-corrected chi connectivity index (χ4v) is 2.34. The summed E-state index contributed by atoms with van der Waals surface area (Å²) in [6.45, 7) is 3.09. The van der Waals surface area contributed by atoms with Crippen LogP contribution in [0.4, 0.5) is 10.1 Å². The highest BCUT2D eigenvalue weighted by atomic mass is 79.9. The lowest BCUT2D eigenvalue weighted by molar-refractivity contribution is 0.612. The van der Waals surface area contributed by atoms with Crippen molar-refractivity contribution in [1.29, 1.82) is 0 Å². The van der Waals surface area contributed by atoms with Gasteiger partial charge in [-0.25, -0.2) is 4.39 Å². The van der Waals surface area contributed by atoms with Crippen molar-refractivity contribution in [2.45, 2.75) is 37.6 Å². The first-order chi connectivity index (χ1) is 7.76. The molecule has 2 rings (SSSR count). The van der Waals surface area contributed by atoms with Crippen LogP contribution in [0.15, 0.2) is 18.2 Å². The number of nitrogens with zero attached hydrogens (tertiary/aromatic N) is 1. The number of rotatable bonds is 5. The van der Waals surface area contributed by atoms with Crippen molar-refractivity contribution in [2.24, 2.45) is 0 Å². The van der Waals surface area contributed by atoms with Crippen LogP contribution in [0, 0.1) is 5.82 Å². The van der Waals surface area contributed by atoms with E-state index >= 15 is 0 Å². The summed E-state index contributed by atoms with van der Waals surface area (Å²) in [6.07, 6.45) is 3.48. The molecule has 0 aliphatic heterocycles. The number of halogens is 2. The van der Waals surface area contributed by atoms with Gasteiger partial charge in [0.2, 0.25) is 0 Å². The van der Waals surface area contributed by atoms with E-state index in [1.54, 1.807) is 6.07 Å². The summed E-state index contributed by atoms with van der Waals surface area (Å²) in [5.41, 5.74) is 1.77. The molecule has 3 heteroatoms. The lowest BCUT2D eigenvalue weighted by Crippen LogP contribution is -2.27. The summed E-state index contributed by atoms with van der Waals surface area (Å²) in [4.78, 5) is 2.22. The van der Waals surface area contributed by atoms with Crippen LogP contribution in [0.1, 0.15) is 31.7 Å². The van der Waals surface area contributed by atoms with Gasteiger partial charge < -0.3 is 4.90 Å². The Balaban J connectivity index is 2.22. The zero-order valence-electron chi connectivity index (χ0n) is 9.55. The number of hydrogen-bond donors (Lipinski definition) is 0. The Morgan fingerprint density at radius 2 is 2.19 bits per heavy atom. The summed E-state index contributed by atoms with van der Waals surface area (Å²) in [6, 6.07) is 6.12. The zero-order chi connectivity index (χ0) is 11.5. The van der Waals surface area contributed by atoms with Gasteiger partial charge in [-0.05, 0) is 37.0 Å². The molecule has 0 unspecified atom stereocenters. The summed E-state index contributed by atoms with van der Waals surface area (Å²) >= 11 is 3.34. The van der Waals surface area contributed by atoms with Gasteiger partial charge in [0.15, 0.2) is 0 Å². The molecule has 88 valence electrons. The van der Waals surface area contributed by atoms with Crippen molar-refractivity contribution in [2.75, 3.05) is 11.4 Å². The van der Waals surface area contributed by atoms with E-state index < -0.39 is 0 Å². The van der Waals surface area contributed by atoms with E-state index in [1.807, 2.05) is 12.1 Å². The standard InChI is InChI=1S/C13H17BrFN/c1-2-7-16(11-4-5-11)13-6-3-10(9-14)8-12(13)15/h3,6,8,11H,2,4-5,7,9H2,1H3. The van der Waals surface area contributed by atoms with Crippen LogP contribution in [0.2, 0.25) is 0 Å². The Hall–Kier alpha value is -0.570. The molecule has 16 heavy (non-hydrogen) atoms. The molecule has 0 amide bonds. The summed E-state index contributed by atoms with van der Waals surface area (Å²) in [5.74, 6) is -0.0858. The summed E-state index contributed by atoms with van der Waals surface area (Å²) in [7, 11) is 0. The molecule has 0 aromatic heterocycles. The summed E-state index contributed by atoms with van der Waals surface area (Å²) < 4.78 is 13.9. The predicted octanol–water partition coefficient (Wildman–Crippen LogP) is 4.10. The first kappa shape index (κ1) is 11.9. The lowest BCUT2D eigenvalue weighted by atomic mass is 10.2. The van der Waals surface area contributed by atoms with Gasteiger partial charge in [0.05, 0.1) is 5.69 Å². The second-order valence-corrected chi connectivity index (χ2v) is 4.90. The van der Waals surface area contributed by atoms with Crippen molar-refractivity contribution in [3.63, 3.8) is 0 Å². The Morgan fingerprint density at radius 1 is 1.44 bits per heavy atom. The molecular weight excluding hydrogens is 269 g/mol. The maximum atomic E-state index is 13.9. The fraction of sp³-hybridized carbons (Fsp3) is 0.538. The van der Waals surface area contributed by atoms with Crippen LogP contribution >= 0.6 is 15.9 Å². The third kappa shape index (κ3) is 2.57. The lowest BCUT2D eigenvalue weighted by Gasteiger charge is -2.24. The first-order valence-electron chi connectivity index (χ1n) is 5.87. The van der Waals surface area contributed by atoms with Crippen molar-refractivity contribution in [3.05, 3.63) is 29.6 Å². The Kier molecular flexibility index (Phi) is 3.85. The zero-order valence-corrected chi connectivity index (χ0v) is 11.1. The van der Waals surface area contributed by atoms with E-state index in [1.165, 1.54) is 12.8 Å². The molecule has 1 aromatic carbocycles. The van der Waals surface area contributed by atoms with E-state index in [-0.39, 0.29) is 5.82 Å². The SMILES string of the molecule is CCCN(c1ccc(CBr)cc1F)C1CC1. The highest BCUT2D eigenvalue weighted by Gasteiger charge is 2.29. The van der Waals surface area contributed by atoms with Crippen molar-refractivity contribution < 1.29 is 4.39 Å². The minimum atomic E-state index is -0.0858. The summed E-state index contributed by atoms with van der Waals surface area (Å²) in [5, 5.41) is 0.710. The molecule has 1 aromatic rings. The fourth-order valence-electron chi connectivity index (χ4n) is 1.99. The second-order valence-electron chi connectivity index (χ2n) is 4.34. The normalized spacial score (nSPS) is 15.2. The van der Waals surface area contributed by atoms with E-state index in [2.05, 4.69) is 27.8 Å². The average Bonchev–Trinajstić information content (AvgIpc) is 3.10. The molecule has 0 heterocycles. The Bertz CT molecular complexity index is 363. The van der Waals surface area contributed by atoms with Gasteiger partial charge in [0.1, 0.15) is 5.82 Å². The average molecular weight is 286 g/mol. The quantitative estimate of drug-likeness (QED) is 0.737. The molecule has 1 nitrogen and oxygen atoms in total. The van der Waals surface area contributed by atoms with Gasteiger partial charge in [-0.1, -0.05) is 28.9 Å². The first-order valence-corrected chi connectivity index (χ1v) is 6.99. The topological polar surface area (TPSA) is 3.24 Å². The van der Waals surface area contributed by atoms with Gasteiger partial charge in [0.25, 0.3) is 0 Å². The van der Waals surface area contributed by atoms with Crippen LogP contribution in [-0.4, -0.2) is 12.6 Å². The molecule has 0 saturated heterocycles. The van der Waals surface area contributed by atoms with Gasteiger partial charge in [-0.2, -0.15) is 0 Å². The number of anilines is 1. The van der Waals surface area contributed by atoms with Crippen molar-refractivity contribution in [1.82, 2.24) is 0 Å². The van der Waals surface area contributed by atoms with Gasteiger partial charge >= 0.3 is 0 Å². The third-order valence-electron chi connectivity index (χ3n) is 2.93. The molecular formula is C13H17BrFN. The highest BCUT2D eigenvalue weighted by Crippen LogP contribution is 2.33. The molecule has 0 spiro atoms. The monoisotopic (exact) mass is 285 g/mol. The van der Waals surface area contributed by atoms with Crippen molar-refractivity contribution >= 4 is 21.6 Å². The van der Waals surface area contributed by atoms with Crippen LogP contribution < -0.4 is 4.90 Å². The number of hydrogen-bond acceptors (Lipinski definition) is 1. The van der Waals surface area contributed by atoms with Crippen LogP contribution in [0.25, 0.3) is 0 Å². The van der Waals surface area contributed by atoms with Gasteiger partial charge in [-0.3, -0.25) is 0 Å². The van der Waals surface area contributed by atoms with E-state index in [9.17, 15) is 4.39 Å². The van der Waals surface area contributed by atoms with Gasteiger partial charge in [0, 0.05) is 17.9 Å². The van der Waals surface area contributed by atoms with Crippen molar-refractivity contribution in [3.8, 4) is 0 Å². The largest absolute Gasteiger partial charge is 0.366 e. The molecule has 0 bridgehead atoms. The smallest absolute Gasteiger partial charge is 0.146 e. The maximum Gasteiger partial charge on any atom is 0.146 e. The molecule has 1 fully saturated rings. The minimum absolute atomic E-state index is 0.0858. The third-order valence-corrected chi connectivity index (χ3v) is 3.58. The Morgan fingerprint density at radius 3 is 2.69 bits per heavy atom. The van der Waals surface area contributed by atoms with E-state index in [0.29, 0.717) is 11.4 Å². The molecule has 0 N–H and O–H groups in total. The maximum absolute atomic E-state index is 13.9. The minimum Gasteiger partial charge on any atom is -0.366 e. The molecule has 0 radical (unpaired) electrons. The molecule has 1 aliphatic rings. The van der Waals surface area contributed by atoms with E-state index in [4.69, 9.17) is 0 Å². The van der Waals surface area contributed by atoms with E-state index in [0.717, 1.165) is 24.2 Å². The molecule has 0 atom stereocenters. The van der Waals surface area contributed by atoms with Gasteiger partial charge in [-0.15, -0.1) is 0 Å². The van der Waals surface area contributed by atoms with Crippen LogP contribution in [0.5, 0.6) is 0 Å². The number of benzene rings is 1. The second kappa shape index (κ2) is 5.17.